The van der Waals surface area contributed by atoms with Gasteiger partial charge in [-0.3, -0.25) is 10.1 Å². The van der Waals surface area contributed by atoms with Gasteiger partial charge in [0.25, 0.3) is 5.70 Å². The second-order valence-electron chi connectivity index (χ2n) is 3.45. The summed E-state index contributed by atoms with van der Waals surface area (Å²) in [6.45, 7) is 1.03. The minimum Gasteiger partial charge on any atom is -0.310 e. The highest BCUT2D eigenvalue weighted by Gasteiger charge is 2.24. The molecule has 0 aromatic carbocycles. The standard InChI is InChI=1S/C9H12N2O2/c12-11(13)8-3-4-9-7(6-8)2-1-5-10-9/h3,6,9-10H,1-2,4-5H2/t9-/m0/s1. The van der Waals surface area contributed by atoms with Crippen LogP contribution in [0, 0.1) is 10.1 Å². The molecule has 0 aromatic heterocycles. The summed E-state index contributed by atoms with van der Waals surface area (Å²) in [4.78, 5) is 10.2. The fraction of sp³-hybridized carbons (Fsp3) is 0.556. The van der Waals surface area contributed by atoms with Crippen molar-refractivity contribution in [1.29, 1.82) is 0 Å². The van der Waals surface area contributed by atoms with Gasteiger partial charge in [0.15, 0.2) is 0 Å². The third-order valence-corrected chi connectivity index (χ3v) is 2.59. The zero-order valence-corrected chi connectivity index (χ0v) is 7.32. The van der Waals surface area contributed by atoms with Crippen LogP contribution in [0.1, 0.15) is 19.3 Å². The van der Waals surface area contributed by atoms with Crippen LogP contribution in [-0.4, -0.2) is 17.5 Å². The van der Waals surface area contributed by atoms with Crippen LogP contribution in [0.2, 0.25) is 0 Å². The predicted molar refractivity (Wildman–Crippen MR) is 48.8 cm³/mol. The van der Waals surface area contributed by atoms with Crippen molar-refractivity contribution in [3.05, 3.63) is 33.5 Å². The van der Waals surface area contributed by atoms with Crippen LogP contribution in [0.3, 0.4) is 0 Å². The zero-order valence-electron chi connectivity index (χ0n) is 7.32. The highest BCUT2D eigenvalue weighted by Crippen LogP contribution is 2.24. The van der Waals surface area contributed by atoms with Crippen LogP contribution >= 0.6 is 0 Å². The van der Waals surface area contributed by atoms with E-state index in [4.69, 9.17) is 0 Å². The van der Waals surface area contributed by atoms with Gasteiger partial charge in [-0.2, -0.15) is 0 Å². The lowest BCUT2D eigenvalue weighted by atomic mass is 9.91. The van der Waals surface area contributed by atoms with E-state index in [0.29, 0.717) is 6.04 Å². The van der Waals surface area contributed by atoms with Crippen molar-refractivity contribution in [2.24, 2.45) is 0 Å². The van der Waals surface area contributed by atoms with Gasteiger partial charge < -0.3 is 5.32 Å². The first kappa shape index (κ1) is 8.44. The Hall–Kier alpha value is -1.16. The highest BCUT2D eigenvalue weighted by molar-refractivity contribution is 5.28. The van der Waals surface area contributed by atoms with Crippen LogP contribution in [0.25, 0.3) is 0 Å². The molecule has 0 spiro atoms. The molecule has 1 aliphatic heterocycles. The fourth-order valence-corrected chi connectivity index (χ4v) is 1.90. The zero-order chi connectivity index (χ0) is 9.26. The van der Waals surface area contributed by atoms with E-state index < -0.39 is 0 Å². The van der Waals surface area contributed by atoms with E-state index in [2.05, 4.69) is 5.32 Å². The van der Waals surface area contributed by atoms with Crippen molar-refractivity contribution < 1.29 is 4.92 Å². The Bertz CT molecular complexity index is 294. The summed E-state index contributed by atoms with van der Waals surface area (Å²) in [5.74, 6) is 0. The molecule has 1 heterocycles. The maximum atomic E-state index is 10.5. The molecule has 13 heavy (non-hydrogen) atoms. The number of allylic oxidation sites excluding steroid dienone is 1. The Morgan fingerprint density at radius 1 is 1.62 bits per heavy atom. The average molecular weight is 180 g/mol. The Balaban J connectivity index is 2.18. The molecule has 0 unspecified atom stereocenters. The quantitative estimate of drug-likeness (QED) is 0.487. The van der Waals surface area contributed by atoms with Crippen LogP contribution in [0.5, 0.6) is 0 Å². The largest absolute Gasteiger partial charge is 0.310 e. The van der Waals surface area contributed by atoms with Gasteiger partial charge in [-0.1, -0.05) is 0 Å². The summed E-state index contributed by atoms with van der Waals surface area (Å²) in [5, 5.41) is 13.8. The topological polar surface area (TPSA) is 55.2 Å². The number of nitrogens with one attached hydrogen (secondary N) is 1. The Kier molecular flexibility index (Phi) is 2.14. The lowest BCUT2D eigenvalue weighted by Gasteiger charge is -2.27. The Morgan fingerprint density at radius 3 is 3.23 bits per heavy atom. The first-order chi connectivity index (χ1) is 6.27. The van der Waals surface area contributed by atoms with Crippen molar-refractivity contribution in [3.63, 3.8) is 0 Å². The van der Waals surface area contributed by atoms with E-state index in [9.17, 15) is 10.1 Å². The van der Waals surface area contributed by atoms with Gasteiger partial charge in [-0.25, -0.2) is 0 Å². The minimum atomic E-state index is -0.308. The highest BCUT2D eigenvalue weighted by atomic mass is 16.6. The van der Waals surface area contributed by atoms with E-state index in [0.717, 1.165) is 25.8 Å². The molecule has 0 radical (unpaired) electrons. The number of hydrogen-bond acceptors (Lipinski definition) is 3. The van der Waals surface area contributed by atoms with Crippen molar-refractivity contribution >= 4 is 0 Å². The van der Waals surface area contributed by atoms with Crippen LogP contribution < -0.4 is 5.32 Å². The second-order valence-corrected chi connectivity index (χ2v) is 3.45. The van der Waals surface area contributed by atoms with Crippen molar-refractivity contribution in [2.75, 3.05) is 6.54 Å². The summed E-state index contributed by atoms with van der Waals surface area (Å²) in [7, 11) is 0. The van der Waals surface area contributed by atoms with Crippen molar-refractivity contribution in [3.8, 4) is 0 Å². The summed E-state index contributed by atoms with van der Waals surface area (Å²) in [5.41, 5.74) is 1.45. The molecular weight excluding hydrogens is 168 g/mol. The molecule has 0 aromatic rings. The van der Waals surface area contributed by atoms with E-state index in [1.165, 1.54) is 5.57 Å². The lowest BCUT2D eigenvalue weighted by Crippen LogP contribution is -2.37. The molecule has 0 saturated carbocycles. The molecule has 1 saturated heterocycles. The fourth-order valence-electron chi connectivity index (χ4n) is 1.90. The second kappa shape index (κ2) is 3.30. The summed E-state index contributed by atoms with van der Waals surface area (Å²) < 4.78 is 0. The number of fused-ring (bicyclic) bond motifs is 1. The number of rotatable bonds is 1. The van der Waals surface area contributed by atoms with E-state index in [1.807, 2.05) is 0 Å². The maximum Gasteiger partial charge on any atom is 0.265 e. The molecule has 70 valence electrons. The maximum absolute atomic E-state index is 10.5. The van der Waals surface area contributed by atoms with E-state index in [1.54, 1.807) is 12.2 Å². The Labute approximate surface area is 76.5 Å². The third-order valence-electron chi connectivity index (χ3n) is 2.59. The van der Waals surface area contributed by atoms with E-state index >= 15 is 0 Å². The molecule has 0 bridgehead atoms. The summed E-state index contributed by atoms with van der Waals surface area (Å²) >= 11 is 0. The van der Waals surface area contributed by atoms with Crippen molar-refractivity contribution in [2.45, 2.75) is 25.3 Å². The molecule has 1 N–H and O–H groups in total. The van der Waals surface area contributed by atoms with Crippen molar-refractivity contribution in [1.82, 2.24) is 5.32 Å². The summed E-state index contributed by atoms with van der Waals surface area (Å²) in [6, 6.07) is 0.359. The summed E-state index contributed by atoms with van der Waals surface area (Å²) in [6.07, 6.45) is 6.28. The van der Waals surface area contributed by atoms with Gasteiger partial charge in [0.05, 0.1) is 4.92 Å². The molecule has 1 aliphatic carbocycles. The SMILES string of the molecule is O=[N+]([O-])C1=CC[C@@H]2NCCCC2=C1. The molecule has 4 nitrogen and oxygen atoms in total. The first-order valence-corrected chi connectivity index (χ1v) is 4.56. The molecule has 4 heteroatoms. The number of nitrogens with zero attached hydrogens (tertiary/aromatic N) is 1. The van der Waals surface area contributed by atoms with Gasteiger partial charge in [0.1, 0.15) is 0 Å². The first-order valence-electron chi connectivity index (χ1n) is 4.56. The molecule has 1 atom stereocenters. The van der Waals surface area contributed by atoms with Crippen LogP contribution in [-0.2, 0) is 0 Å². The monoisotopic (exact) mass is 180 g/mol. The molecule has 1 fully saturated rings. The molecule has 2 rings (SSSR count). The van der Waals surface area contributed by atoms with E-state index in [-0.39, 0.29) is 10.6 Å². The van der Waals surface area contributed by atoms with Gasteiger partial charge >= 0.3 is 0 Å². The lowest BCUT2D eigenvalue weighted by molar-refractivity contribution is -0.419. The van der Waals surface area contributed by atoms with Gasteiger partial charge in [0, 0.05) is 12.1 Å². The minimum absolute atomic E-state index is 0.259. The molecular formula is C9H12N2O2. The predicted octanol–water partition coefficient (Wildman–Crippen LogP) is 1.23. The number of hydrogen-bond donors (Lipinski definition) is 1. The third kappa shape index (κ3) is 1.62. The molecule has 0 amide bonds. The Morgan fingerprint density at radius 2 is 2.46 bits per heavy atom. The number of piperidine rings is 1. The normalized spacial score (nSPS) is 27.2. The smallest absolute Gasteiger partial charge is 0.265 e. The van der Waals surface area contributed by atoms with Gasteiger partial charge in [-0.15, -0.1) is 0 Å². The van der Waals surface area contributed by atoms with Gasteiger partial charge in [-0.05, 0) is 37.5 Å². The van der Waals surface area contributed by atoms with Gasteiger partial charge in [0.2, 0.25) is 0 Å². The molecule has 2 aliphatic rings. The number of nitro groups is 1. The van der Waals surface area contributed by atoms with Crippen LogP contribution in [0.15, 0.2) is 23.4 Å². The van der Waals surface area contributed by atoms with Crippen LogP contribution in [0.4, 0.5) is 0 Å². The average Bonchev–Trinajstić information content (AvgIpc) is 2.17.